The van der Waals surface area contributed by atoms with Crippen molar-refractivity contribution in [3.63, 3.8) is 0 Å². The number of rotatable bonds is 2. The predicted octanol–water partition coefficient (Wildman–Crippen LogP) is 3.07. The highest BCUT2D eigenvalue weighted by Crippen LogP contribution is 2.25. The van der Waals surface area contributed by atoms with Crippen LogP contribution >= 0.6 is 0 Å². The zero-order valence-electron chi connectivity index (χ0n) is 9.87. The lowest BCUT2D eigenvalue weighted by Gasteiger charge is -2.11. The lowest BCUT2D eigenvalue weighted by atomic mass is 10.2. The van der Waals surface area contributed by atoms with Crippen molar-refractivity contribution in [3.8, 4) is 5.69 Å². The summed E-state index contributed by atoms with van der Waals surface area (Å²) < 4.78 is 28.7. The Kier molecular flexibility index (Phi) is 2.90. The maximum absolute atomic E-state index is 13.7. The third kappa shape index (κ3) is 1.77. The third-order valence-electron chi connectivity index (χ3n) is 2.82. The van der Waals surface area contributed by atoms with Gasteiger partial charge in [-0.25, -0.2) is 13.6 Å². The van der Waals surface area contributed by atoms with Gasteiger partial charge in [0, 0.05) is 11.4 Å². The summed E-state index contributed by atoms with van der Waals surface area (Å²) in [5, 5.41) is 8.99. The van der Waals surface area contributed by atoms with Crippen molar-refractivity contribution in [2.24, 2.45) is 0 Å². The largest absolute Gasteiger partial charge is 0.478 e. The van der Waals surface area contributed by atoms with Gasteiger partial charge in [-0.1, -0.05) is 6.07 Å². The van der Waals surface area contributed by atoms with E-state index in [0.29, 0.717) is 11.4 Å². The van der Waals surface area contributed by atoms with Crippen LogP contribution in [0.15, 0.2) is 24.3 Å². The van der Waals surface area contributed by atoms with Crippen LogP contribution < -0.4 is 0 Å². The summed E-state index contributed by atoms with van der Waals surface area (Å²) in [6.45, 7) is 3.12. The van der Waals surface area contributed by atoms with E-state index >= 15 is 0 Å². The third-order valence-corrected chi connectivity index (χ3v) is 2.82. The summed E-state index contributed by atoms with van der Waals surface area (Å²) in [4.78, 5) is 11.0. The van der Waals surface area contributed by atoms with E-state index < -0.39 is 17.6 Å². The first kappa shape index (κ1) is 12.3. The van der Waals surface area contributed by atoms with E-state index in [9.17, 15) is 13.6 Å². The molecule has 0 atom stereocenters. The molecule has 0 fully saturated rings. The van der Waals surface area contributed by atoms with Gasteiger partial charge in [0.2, 0.25) is 0 Å². The highest BCUT2D eigenvalue weighted by atomic mass is 19.1. The van der Waals surface area contributed by atoms with Crippen LogP contribution in [0.1, 0.15) is 21.7 Å². The molecule has 0 saturated carbocycles. The molecule has 1 heterocycles. The summed E-state index contributed by atoms with van der Waals surface area (Å²) in [6, 6.07) is 4.93. The number of hydrogen-bond donors (Lipinski definition) is 1. The number of hydrogen-bond acceptors (Lipinski definition) is 1. The minimum absolute atomic E-state index is 0.0372. The molecule has 3 nitrogen and oxygen atoms in total. The number of halogens is 2. The number of aromatic nitrogens is 1. The van der Waals surface area contributed by atoms with Gasteiger partial charge in [-0.05, 0) is 32.0 Å². The molecule has 0 aliphatic heterocycles. The SMILES string of the molecule is Cc1cc(C(=O)O)c(C)n1-c1c(F)cccc1F. The second kappa shape index (κ2) is 4.25. The van der Waals surface area contributed by atoms with Crippen molar-refractivity contribution in [2.45, 2.75) is 13.8 Å². The molecule has 0 saturated heterocycles. The minimum atomic E-state index is -1.12. The van der Waals surface area contributed by atoms with Gasteiger partial charge in [-0.15, -0.1) is 0 Å². The van der Waals surface area contributed by atoms with E-state index in [1.54, 1.807) is 6.92 Å². The molecular weight excluding hydrogens is 240 g/mol. The van der Waals surface area contributed by atoms with E-state index in [-0.39, 0.29) is 11.3 Å². The number of carboxylic acid groups (broad SMARTS) is 1. The lowest BCUT2D eigenvalue weighted by molar-refractivity contribution is 0.0696. The van der Waals surface area contributed by atoms with Crippen LogP contribution in [0.5, 0.6) is 0 Å². The minimum Gasteiger partial charge on any atom is -0.478 e. The van der Waals surface area contributed by atoms with Crippen LogP contribution in [0.4, 0.5) is 8.78 Å². The quantitative estimate of drug-likeness (QED) is 0.891. The van der Waals surface area contributed by atoms with Crippen molar-refractivity contribution >= 4 is 5.97 Å². The van der Waals surface area contributed by atoms with Crippen LogP contribution in [-0.4, -0.2) is 15.6 Å². The summed E-state index contributed by atoms with van der Waals surface area (Å²) >= 11 is 0. The Morgan fingerprint density at radius 1 is 1.22 bits per heavy atom. The van der Waals surface area contributed by atoms with Crippen LogP contribution in [0.3, 0.4) is 0 Å². The first-order valence-corrected chi connectivity index (χ1v) is 5.30. The molecule has 2 rings (SSSR count). The summed E-state index contributed by atoms with van der Waals surface area (Å²) in [6.07, 6.45) is 0. The van der Waals surface area contributed by atoms with Crippen molar-refractivity contribution in [2.75, 3.05) is 0 Å². The smallest absolute Gasteiger partial charge is 0.337 e. The van der Waals surface area contributed by atoms with Gasteiger partial charge >= 0.3 is 5.97 Å². The average molecular weight is 251 g/mol. The van der Waals surface area contributed by atoms with Crippen LogP contribution in [0.2, 0.25) is 0 Å². The molecule has 1 aromatic heterocycles. The highest BCUT2D eigenvalue weighted by molar-refractivity contribution is 5.89. The average Bonchev–Trinajstić information content (AvgIpc) is 2.56. The number of carbonyl (C=O) groups is 1. The van der Waals surface area contributed by atoms with E-state index in [4.69, 9.17) is 5.11 Å². The van der Waals surface area contributed by atoms with Gasteiger partial charge in [0.1, 0.15) is 17.3 Å². The molecule has 0 unspecified atom stereocenters. The molecule has 2 aromatic rings. The molecule has 0 aliphatic carbocycles. The Morgan fingerprint density at radius 2 is 1.78 bits per heavy atom. The van der Waals surface area contributed by atoms with E-state index in [0.717, 1.165) is 12.1 Å². The zero-order valence-corrected chi connectivity index (χ0v) is 9.87. The first-order chi connectivity index (χ1) is 8.43. The fraction of sp³-hybridized carbons (Fsp3) is 0.154. The Hall–Kier alpha value is -2.17. The Balaban J connectivity index is 2.76. The maximum Gasteiger partial charge on any atom is 0.337 e. The molecule has 1 N–H and O–H groups in total. The van der Waals surface area contributed by atoms with E-state index in [2.05, 4.69) is 0 Å². The Labute approximate surface area is 102 Å². The van der Waals surface area contributed by atoms with Crippen molar-refractivity contribution in [1.29, 1.82) is 0 Å². The molecule has 0 spiro atoms. The zero-order chi connectivity index (χ0) is 13.4. The second-order valence-electron chi connectivity index (χ2n) is 4.00. The second-order valence-corrected chi connectivity index (χ2v) is 4.00. The fourth-order valence-electron chi connectivity index (χ4n) is 2.03. The molecule has 0 aliphatic rings. The van der Waals surface area contributed by atoms with Gasteiger partial charge < -0.3 is 9.67 Å². The number of aromatic carboxylic acids is 1. The highest BCUT2D eigenvalue weighted by Gasteiger charge is 2.19. The maximum atomic E-state index is 13.7. The van der Waals surface area contributed by atoms with Crippen LogP contribution in [0, 0.1) is 25.5 Å². The standard InChI is InChI=1S/C13H11F2NO2/c1-7-6-9(13(17)18)8(2)16(7)12-10(14)4-3-5-11(12)15/h3-6H,1-2H3,(H,17,18). The Morgan fingerprint density at radius 3 is 2.22 bits per heavy atom. The van der Waals surface area contributed by atoms with Crippen LogP contribution in [-0.2, 0) is 0 Å². The van der Waals surface area contributed by atoms with Gasteiger partial charge in [-0.3, -0.25) is 0 Å². The van der Waals surface area contributed by atoms with Crippen molar-refractivity contribution in [1.82, 2.24) is 4.57 Å². The number of carboxylic acids is 1. The van der Waals surface area contributed by atoms with Crippen molar-refractivity contribution in [3.05, 3.63) is 52.9 Å². The molecule has 0 radical (unpaired) electrons. The van der Waals surface area contributed by atoms with Gasteiger partial charge in [0.15, 0.2) is 0 Å². The van der Waals surface area contributed by atoms with Gasteiger partial charge in [0.25, 0.3) is 0 Å². The number of aryl methyl sites for hydroxylation is 1. The number of benzene rings is 1. The molecule has 0 amide bonds. The van der Waals surface area contributed by atoms with Gasteiger partial charge in [0.05, 0.1) is 5.56 Å². The summed E-state index contributed by atoms with van der Waals surface area (Å²) in [5.74, 6) is -2.58. The Bertz CT molecular complexity index is 612. The molecule has 5 heteroatoms. The fourth-order valence-corrected chi connectivity index (χ4v) is 2.03. The van der Waals surface area contributed by atoms with E-state index in [1.165, 1.54) is 23.6 Å². The van der Waals surface area contributed by atoms with Gasteiger partial charge in [-0.2, -0.15) is 0 Å². The van der Waals surface area contributed by atoms with E-state index in [1.807, 2.05) is 0 Å². The molecule has 1 aromatic carbocycles. The predicted molar refractivity (Wildman–Crippen MR) is 62.1 cm³/mol. The monoisotopic (exact) mass is 251 g/mol. The molecule has 94 valence electrons. The molecular formula is C13H11F2NO2. The van der Waals surface area contributed by atoms with Crippen LogP contribution in [0.25, 0.3) is 5.69 Å². The number of para-hydroxylation sites is 1. The first-order valence-electron chi connectivity index (χ1n) is 5.30. The topological polar surface area (TPSA) is 42.2 Å². The molecule has 0 bridgehead atoms. The molecule has 18 heavy (non-hydrogen) atoms. The normalized spacial score (nSPS) is 10.7. The summed E-state index contributed by atoms with van der Waals surface area (Å²) in [7, 11) is 0. The number of nitrogens with zero attached hydrogens (tertiary/aromatic N) is 1. The summed E-state index contributed by atoms with van der Waals surface area (Å²) in [5.41, 5.74) is 0.549. The van der Waals surface area contributed by atoms with Crippen molar-refractivity contribution < 1.29 is 18.7 Å². The lowest BCUT2D eigenvalue weighted by Crippen LogP contribution is -2.06.